The zero-order valence-electron chi connectivity index (χ0n) is 13.7. The highest BCUT2D eigenvalue weighted by Gasteiger charge is 2.42. The van der Waals surface area contributed by atoms with Crippen molar-refractivity contribution in [3.63, 3.8) is 0 Å². The number of alkyl halides is 2. The summed E-state index contributed by atoms with van der Waals surface area (Å²) in [6.45, 7) is 0. The van der Waals surface area contributed by atoms with Gasteiger partial charge < -0.3 is 5.73 Å². The number of rotatable bonds is 5. The van der Waals surface area contributed by atoms with Gasteiger partial charge in [-0.25, -0.2) is 18.2 Å². The number of amides is 1. The number of hydrogen-bond acceptors (Lipinski definition) is 4. The van der Waals surface area contributed by atoms with Gasteiger partial charge in [0.2, 0.25) is 10.0 Å². The molecule has 140 valence electrons. The Kier molecular flexibility index (Phi) is 4.54. The van der Waals surface area contributed by atoms with Crippen molar-refractivity contribution in [3.8, 4) is 16.9 Å². The van der Waals surface area contributed by atoms with E-state index in [4.69, 9.17) is 10.9 Å². The predicted octanol–water partition coefficient (Wildman–Crippen LogP) is 1.76. The quantitative estimate of drug-likeness (QED) is 0.687. The van der Waals surface area contributed by atoms with Crippen LogP contribution >= 0.6 is 0 Å². The lowest BCUT2D eigenvalue weighted by atomic mass is 10.1. The Balaban J connectivity index is 2.19. The SMILES string of the molecule is NC(=O)C(F)(F)c1cc(-c2ccccc2)n(-c2ccc(S(N)(=O)=O)cc2)n1. The maximum absolute atomic E-state index is 14.1. The van der Waals surface area contributed by atoms with Gasteiger partial charge in [-0.15, -0.1) is 0 Å². The third-order valence-electron chi connectivity index (χ3n) is 3.82. The summed E-state index contributed by atoms with van der Waals surface area (Å²) in [5.74, 6) is -5.79. The summed E-state index contributed by atoms with van der Waals surface area (Å²) >= 11 is 0. The minimum Gasteiger partial charge on any atom is -0.364 e. The second-order valence-corrected chi connectivity index (χ2v) is 7.23. The van der Waals surface area contributed by atoms with E-state index < -0.39 is 27.5 Å². The fourth-order valence-electron chi connectivity index (χ4n) is 2.45. The van der Waals surface area contributed by atoms with Crippen molar-refractivity contribution in [3.05, 3.63) is 66.4 Å². The van der Waals surface area contributed by atoms with Crippen LogP contribution in [0.1, 0.15) is 5.69 Å². The number of primary amides is 1. The lowest BCUT2D eigenvalue weighted by molar-refractivity contribution is -0.143. The molecule has 0 saturated carbocycles. The molecule has 0 atom stereocenters. The van der Waals surface area contributed by atoms with Crippen LogP contribution in [0, 0.1) is 0 Å². The number of halogens is 2. The molecule has 1 heterocycles. The van der Waals surface area contributed by atoms with Crippen molar-refractivity contribution in [2.24, 2.45) is 10.9 Å². The van der Waals surface area contributed by atoms with Gasteiger partial charge in [-0.1, -0.05) is 30.3 Å². The number of sulfonamides is 1. The number of nitrogens with zero attached hydrogens (tertiary/aromatic N) is 2. The van der Waals surface area contributed by atoms with Gasteiger partial charge in [-0.05, 0) is 30.3 Å². The molecule has 0 saturated heterocycles. The molecule has 10 heteroatoms. The molecule has 0 aliphatic carbocycles. The molecule has 4 N–H and O–H groups in total. The van der Waals surface area contributed by atoms with Crippen LogP contribution in [0.5, 0.6) is 0 Å². The molecule has 1 amide bonds. The average molecular weight is 392 g/mol. The van der Waals surface area contributed by atoms with Crippen LogP contribution in [0.15, 0.2) is 65.6 Å². The van der Waals surface area contributed by atoms with Crippen molar-refractivity contribution < 1.29 is 22.0 Å². The second-order valence-electron chi connectivity index (χ2n) is 5.67. The largest absolute Gasteiger partial charge is 0.367 e. The summed E-state index contributed by atoms with van der Waals surface area (Å²) in [6.07, 6.45) is 0. The number of carbonyl (C=O) groups excluding carboxylic acids is 1. The molecular formula is C17H14F2N4O3S. The second kappa shape index (κ2) is 6.56. The Labute approximate surface area is 153 Å². The first-order valence-electron chi connectivity index (χ1n) is 7.57. The van der Waals surface area contributed by atoms with E-state index in [9.17, 15) is 22.0 Å². The normalized spacial score (nSPS) is 12.1. The van der Waals surface area contributed by atoms with Gasteiger partial charge in [0, 0.05) is 5.56 Å². The van der Waals surface area contributed by atoms with Crippen molar-refractivity contribution in [1.82, 2.24) is 9.78 Å². The van der Waals surface area contributed by atoms with E-state index in [2.05, 4.69) is 5.10 Å². The van der Waals surface area contributed by atoms with Gasteiger partial charge >= 0.3 is 5.92 Å². The van der Waals surface area contributed by atoms with Gasteiger partial charge in [0.25, 0.3) is 5.91 Å². The predicted molar refractivity (Wildman–Crippen MR) is 93.5 cm³/mol. The number of benzene rings is 2. The molecule has 0 aliphatic rings. The molecule has 0 unspecified atom stereocenters. The molecule has 3 rings (SSSR count). The summed E-state index contributed by atoms with van der Waals surface area (Å²) in [4.78, 5) is 11.0. The van der Waals surface area contributed by atoms with Crippen LogP contribution in [0.3, 0.4) is 0 Å². The van der Waals surface area contributed by atoms with Crippen molar-refractivity contribution in [1.29, 1.82) is 0 Å². The zero-order valence-corrected chi connectivity index (χ0v) is 14.5. The van der Waals surface area contributed by atoms with E-state index in [1.807, 2.05) is 0 Å². The molecule has 7 nitrogen and oxygen atoms in total. The van der Waals surface area contributed by atoms with Gasteiger partial charge in [0.05, 0.1) is 16.3 Å². The van der Waals surface area contributed by atoms with Gasteiger partial charge in [0.1, 0.15) is 5.69 Å². The van der Waals surface area contributed by atoms with E-state index in [0.29, 0.717) is 11.3 Å². The van der Waals surface area contributed by atoms with Crippen LogP contribution in [0.2, 0.25) is 0 Å². The van der Waals surface area contributed by atoms with E-state index in [-0.39, 0.29) is 10.6 Å². The monoisotopic (exact) mass is 392 g/mol. The Hall–Kier alpha value is -3.11. The first kappa shape index (κ1) is 18.7. The highest BCUT2D eigenvalue weighted by molar-refractivity contribution is 7.89. The van der Waals surface area contributed by atoms with E-state index in [1.54, 1.807) is 30.3 Å². The molecule has 0 spiro atoms. The molecule has 0 aliphatic heterocycles. The first-order valence-corrected chi connectivity index (χ1v) is 9.12. The number of nitrogens with two attached hydrogens (primary N) is 2. The van der Waals surface area contributed by atoms with Gasteiger partial charge in [0.15, 0.2) is 0 Å². The molecule has 2 aromatic carbocycles. The molecule has 3 aromatic rings. The number of carbonyl (C=O) groups is 1. The first-order chi connectivity index (χ1) is 12.6. The summed E-state index contributed by atoms with van der Waals surface area (Å²) in [5, 5.41) is 8.89. The Morgan fingerprint density at radius 1 is 1.04 bits per heavy atom. The molecule has 1 aromatic heterocycles. The maximum atomic E-state index is 14.1. The van der Waals surface area contributed by atoms with Crippen molar-refractivity contribution in [2.45, 2.75) is 10.8 Å². The summed E-state index contributed by atoms with van der Waals surface area (Å²) < 4.78 is 52.1. The van der Waals surface area contributed by atoms with Gasteiger partial charge in [-0.2, -0.15) is 13.9 Å². The van der Waals surface area contributed by atoms with Crippen molar-refractivity contribution >= 4 is 15.9 Å². The number of primary sulfonamides is 1. The third kappa shape index (κ3) is 3.57. The van der Waals surface area contributed by atoms with Crippen molar-refractivity contribution in [2.75, 3.05) is 0 Å². The number of aromatic nitrogens is 2. The van der Waals surface area contributed by atoms with Gasteiger partial charge in [-0.3, -0.25) is 4.79 Å². The maximum Gasteiger partial charge on any atom is 0.367 e. The lowest BCUT2D eigenvalue weighted by Gasteiger charge is -2.09. The molecule has 0 fully saturated rings. The third-order valence-corrected chi connectivity index (χ3v) is 4.75. The minimum absolute atomic E-state index is 0.137. The standard InChI is InChI=1S/C17H14F2N4O3S/c18-17(19,16(20)24)15-10-14(11-4-2-1-3-5-11)23(22-15)12-6-8-13(9-7-12)27(21,25)26/h1-10H,(H2,20,24)(H2,21,25,26). The summed E-state index contributed by atoms with van der Waals surface area (Å²) in [6, 6.07) is 14.8. The fraction of sp³-hybridized carbons (Fsp3) is 0.0588. The molecule has 0 radical (unpaired) electrons. The van der Waals surface area contributed by atoms with E-state index in [0.717, 1.165) is 6.07 Å². The van der Waals surface area contributed by atoms with Crippen LogP contribution in [-0.4, -0.2) is 24.1 Å². The lowest BCUT2D eigenvalue weighted by Crippen LogP contribution is -2.33. The molecule has 27 heavy (non-hydrogen) atoms. The highest BCUT2D eigenvalue weighted by atomic mass is 32.2. The van der Waals surface area contributed by atoms with Crippen LogP contribution in [0.25, 0.3) is 16.9 Å². The summed E-state index contributed by atoms with van der Waals surface area (Å²) in [5.41, 5.74) is 5.11. The van der Waals surface area contributed by atoms with E-state index in [1.165, 1.54) is 28.9 Å². The zero-order chi connectivity index (χ0) is 19.8. The van der Waals surface area contributed by atoms with Crippen LogP contribution in [-0.2, 0) is 20.7 Å². The Morgan fingerprint density at radius 2 is 1.63 bits per heavy atom. The topological polar surface area (TPSA) is 121 Å². The van der Waals surface area contributed by atoms with Crippen LogP contribution < -0.4 is 10.9 Å². The summed E-state index contributed by atoms with van der Waals surface area (Å²) in [7, 11) is -3.90. The average Bonchev–Trinajstić information content (AvgIpc) is 3.08. The number of hydrogen-bond donors (Lipinski definition) is 2. The fourth-order valence-corrected chi connectivity index (χ4v) is 2.96. The van der Waals surface area contributed by atoms with Crippen LogP contribution in [0.4, 0.5) is 8.78 Å². The molecule has 0 bridgehead atoms. The minimum atomic E-state index is -3.96. The highest BCUT2D eigenvalue weighted by Crippen LogP contribution is 2.32. The molecular weight excluding hydrogens is 378 g/mol. The smallest absolute Gasteiger partial charge is 0.364 e. The van der Waals surface area contributed by atoms with E-state index >= 15 is 0 Å². The Bertz CT molecular complexity index is 1090. The Morgan fingerprint density at radius 3 is 2.15 bits per heavy atom.